The van der Waals surface area contributed by atoms with Gasteiger partial charge in [-0.3, -0.25) is 14.7 Å². The zero-order chi connectivity index (χ0) is 22.8. The van der Waals surface area contributed by atoms with Gasteiger partial charge in [0.1, 0.15) is 5.82 Å². The molecule has 0 unspecified atom stereocenters. The van der Waals surface area contributed by atoms with E-state index in [1.165, 1.54) is 12.1 Å². The molecule has 0 atom stereocenters. The molecular formula is C25H19N5O2S. The highest BCUT2D eigenvalue weighted by Gasteiger charge is 2.16. The van der Waals surface area contributed by atoms with Gasteiger partial charge in [0.05, 0.1) is 16.1 Å². The molecule has 0 bridgehead atoms. The zero-order valence-electron chi connectivity index (χ0n) is 17.4. The summed E-state index contributed by atoms with van der Waals surface area (Å²) in [5.74, 6) is 0.0955. The molecule has 5 rings (SSSR count). The van der Waals surface area contributed by atoms with Gasteiger partial charge >= 0.3 is 0 Å². The summed E-state index contributed by atoms with van der Waals surface area (Å²) in [6.07, 6.45) is 6.90. The van der Waals surface area contributed by atoms with Crippen molar-refractivity contribution in [2.75, 3.05) is 10.5 Å². The monoisotopic (exact) mass is 453 g/mol. The van der Waals surface area contributed by atoms with Gasteiger partial charge in [-0.05, 0) is 65.2 Å². The normalized spacial score (nSPS) is 11.4. The average molecular weight is 454 g/mol. The number of benzene rings is 2. The number of anilines is 2. The van der Waals surface area contributed by atoms with E-state index in [1.54, 1.807) is 49.1 Å². The molecule has 2 aromatic carbocycles. The molecule has 7 nitrogen and oxygen atoms in total. The number of rotatable bonds is 5. The van der Waals surface area contributed by atoms with Crippen LogP contribution in [-0.4, -0.2) is 23.4 Å². The van der Waals surface area contributed by atoms with Crippen molar-refractivity contribution in [1.29, 1.82) is 0 Å². The molecule has 0 spiro atoms. The molecule has 3 N–H and O–H groups in total. The molecule has 0 saturated carbocycles. The fourth-order valence-corrected chi connectivity index (χ4v) is 4.71. The van der Waals surface area contributed by atoms with Crippen molar-refractivity contribution >= 4 is 32.4 Å². The molecule has 5 aromatic rings. The molecule has 0 aliphatic rings. The minimum absolute atomic E-state index is 0.0955. The van der Waals surface area contributed by atoms with Crippen molar-refractivity contribution in [3.8, 4) is 22.3 Å². The second-order valence-corrected chi connectivity index (χ2v) is 9.08. The highest BCUT2D eigenvalue weighted by Crippen LogP contribution is 2.32. The fraction of sp³-hybridized carbons (Fsp3) is 0. The third-order valence-corrected chi connectivity index (χ3v) is 6.66. The van der Waals surface area contributed by atoms with Crippen LogP contribution in [-0.2, 0) is 10.0 Å². The summed E-state index contributed by atoms with van der Waals surface area (Å²) in [7, 11) is -3.80. The van der Waals surface area contributed by atoms with Crippen molar-refractivity contribution in [2.24, 2.45) is 0 Å². The van der Waals surface area contributed by atoms with Crippen LogP contribution in [0.25, 0.3) is 33.2 Å². The number of hydrogen-bond acceptors (Lipinski definition) is 6. The molecule has 3 aromatic heterocycles. The van der Waals surface area contributed by atoms with Crippen LogP contribution >= 0.6 is 0 Å². The molecule has 3 heterocycles. The number of sulfonamides is 1. The third-order valence-electron chi connectivity index (χ3n) is 5.28. The van der Waals surface area contributed by atoms with Crippen LogP contribution in [0, 0.1) is 0 Å². The summed E-state index contributed by atoms with van der Waals surface area (Å²) in [5, 5.41) is 0.962. The van der Waals surface area contributed by atoms with E-state index in [-0.39, 0.29) is 16.4 Å². The van der Waals surface area contributed by atoms with Gasteiger partial charge in [0, 0.05) is 35.7 Å². The molecular weight excluding hydrogens is 434 g/mol. The van der Waals surface area contributed by atoms with E-state index in [2.05, 4.69) is 19.7 Å². The molecule has 0 saturated heterocycles. The lowest BCUT2D eigenvalue weighted by atomic mass is 9.98. The summed E-state index contributed by atoms with van der Waals surface area (Å²) >= 11 is 0. The van der Waals surface area contributed by atoms with Crippen LogP contribution in [0.5, 0.6) is 0 Å². The molecule has 0 fully saturated rings. The van der Waals surface area contributed by atoms with E-state index in [1.807, 2.05) is 36.4 Å². The molecule has 0 aliphatic heterocycles. The van der Waals surface area contributed by atoms with Crippen LogP contribution < -0.4 is 10.5 Å². The minimum atomic E-state index is -3.80. The quantitative estimate of drug-likeness (QED) is 0.398. The number of nitrogens with two attached hydrogens (primary N) is 1. The standard InChI is InChI=1S/C25H19N5O2S/c26-25-24(30-33(31,32)20-4-2-1-3-5-20)15-19(16-29-25)18-6-7-23-22(14-18)21(10-13-28-23)17-8-11-27-12-9-17/h1-16,30H,(H2,26,29). The molecule has 0 radical (unpaired) electrons. The van der Waals surface area contributed by atoms with Crippen molar-refractivity contribution in [1.82, 2.24) is 15.0 Å². The second-order valence-electron chi connectivity index (χ2n) is 7.40. The maximum absolute atomic E-state index is 12.8. The Morgan fingerprint density at radius 2 is 1.55 bits per heavy atom. The Hall–Kier alpha value is -4.30. The van der Waals surface area contributed by atoms with Crippen LogP contribution in [0.15, 0.2) is 102 Å². The summed E-state index contributed by atoms with van der Waals surface area (Å²) in [5.41, 5.74) is 10.7. The van der Waals surface area contributed by atoms with E-state index < -0.39 is 10.0 Å². The number of nitrogens with one attached hydrogen (secondary N) is 1. The van der Waals surface area contributed by atoms with Gasteiger partial charge < -0.3 is 5.73 Å². The van der Waals surface area contributed by atoms with Crippen molar-refractivity contribution in [3.05, 3.63) is 97.6 Å². The molecule has 0 amide bonds. The molecule has 8 heteroatoms. The van der Waals surface area contributed by atoms with Crippen molar-refractivity contribution in [2.45, 2.75) is 4.90 Å². The zero-order valence-corrected chi connectivity index (χ0v) is 18.2. The Labute approximate surface area is 191 Å². The first-order chi connectivity index (χ1) is 16.0. The van der Waals surface area contributed by atoms with Gasteiger partial charge in [0.2, 0.25) is 0 Å². The van der Waals surface area contributed by atoms with Crippen LogP contribution in [0.3, 0.4) is 0 Å². The van der Waals surface area contributed by atoms with E-state index in [9.17, 15) is 8.42 Å². The number of nitrogens with zero attached hydrogens (tertiary/aromatic N) is 3. The number of pyridine rings is 3. The Morgan fingerprint density at radius 3 is 2.33 bits per heavy atom. The third kappa shape index (κ3) is 4.11. The largest absolute Gasteiger partial charge is 0.382 e. The van der Waals surface area contributed by atoms with Crippen molar-refractivity contribution < 1.29 is 8.42 Å². The van der Waals surface area contributed by atoms with Gasteiger partial charge in [0.25, 0.3) is 10.0 Å². The summed E-state index contributed by atoms with van der Waals surface area (Å²) < 4.78 is 28.1. The smallest absolute Gasteiger partial charge is 0.262 e. The first-order valence-electron chi connectivity index (χ1n) is 10.1. The first-order valence-corrected chi connectivity index (χ1v) is 11.6. The van der Waals surface area contributed by atoms with Crippen LogP contribution in [0.1, 0.15) is 0 Å². The van der Waals surface area contributed by atoms with E-state index in [0.29, 0.717) is 0 Å². The summed E-state index contributed by atoms with van der Waals surface area (Å²) in [6.45, 7) is 0. The maximum Gasteiger partial charge on any atom is 0.262 e. The van der Waals surface area contributed by atoms with E-state index in [0.717, 1.165) is 33.2 Å². The van der Waals surface area contributed by atoms with Crippen LogP contribution in [0.4, 0.5) is 11.5 Å². The lowest BCUT2D eigenvalue weighted by Crippen LogP contribution is -2.14. The van der Waals surface area contributed by atoms with Gasteiger partial charge in [-0.15, -0.1) is 0 Å². The first kappa shape index (κ1) is 20.6. The molecule has 33 heavy (non-hydrogen) atoms. The predicted molar refractivity (Wildman–Crippen MR) is 130 cm³/mol. The fourth-order valence-electron chi connectivity index (χ4n) is 3.63. The Kier molecular flexibility index (Phi) is 5.20. The lowest BCUT2D eigenvalue weighted by Gasteiger charge is -2.12. The maximum atomic E-state index is 12.8. The Balaban J connectivity index is 1.57. The van der Waals surface area contributed by atoms with Gasteiger partial charge in [-0.1, -0.05) is 24.3 Å². The van der Waals surface area contributed by atoms with Crippen molar-refractivity contribution in [3.63, 3.8) is 0 Å². The Morgan fingerprint density at radius 1 is 0.758 bits per heavy atom. The number of hydrogen-bond donors (Lipinski definition) is 2. The van der Waals surface area contributed by atoms with Gasteiger partial charge in [-0.2, -0.15) is 0 Å². The lowest BCUT2D eigenvalue weighted by molar-refractivity contribution is 0.601. The predicted octanol–water partition coefficient (Wildman–Crippen LogP) is 4.74. The number of aromatic nitrogens is 3. The SMILES string of the molecule is Nc1ncc(-c2ccc3nccc(-c4ccncc4)c3c2)cc1NS(=O)(=O)c1ccccc1. The molecule has 162 valence electrons. The molecule has 0 aliphatic carbocycles. The summed E-state index contributed by atoms with van der Waals surface area (Å²) in [4.78, 5) is 12.9. The summed E-state index contributed by atoms with van der Waals surface area (Å²) in [6, 6.07) is 21.5. The second kappa shape index (κ2) is 8.33. The average Bonchev–Trinajstić information content (AvgIpc) is 2.85. The highest BCUT2D eigenvalue weighted by atomic mass is 32.2. The number of nitrogen functional groups attached to an aromatic ring is 1. The Bertz CT molecular complexity index is 1560. The van der Waals surface area contributed by atoms with Gasteiger partial charge in [0.15, 0.2) is 0 Å². The van der Waals surface area contributed by atoms with Crippen LogP contribution in [0.2, 0.25) is 0 Å². The topological polar surface area (TPSA) is 111 Å². The van der Waals surface area contributed by atoms with E-state index in [4.69, 9.17) is 5.73 Å². The number of fused-ring (bicyclic) bond motifs is 1. The minimum Gasteiger partial charge on any atom is -0.382 e. The highest BCUT2D eigenvalue weighted by molar-refractivity contribution is 7.92. The van der Waals surface area contributed by atoms with E-state index >= 15 is 0 Å². The van der Waals surface area contributed by atoms with Gasteiger partial charge in [-0.25, -0.2) is 13.4 Å².